The number of hydrogen-bond acceptors (Lipinski definition) is 6. The Hall–Kier alpha value is -2.89. The van der Waals surface area contributed by atoms with Gasteiger partial charge in [0.05, 0.1) is 19.2 Å². The van der Waals surface area contributed by atoms with Crippen molar-refractivity contribution in [1.82, 2.24) is 4.90 Å². The van der Waals surface area contributed by atoms with Crippen LogP contribution in [-0.2, 0) is 22.4 Å². The maximum absolute atomic E-state index is 12.5. The number of ether oxygens (including phenoxy) is 1. The lowest BCUT2D eigenvalue weighted by Gasteiger charge is -2.16. The van der Waals surface area contributed by atoms with Crippen LogP contribution in [0.5, 0.6) is 5.75 Å². The average Bonchev–Trinajstić information content (AvgIpc) is 2.91. The Labute approximate surface area is 187 Å². The first-order valence-electron chi connectivity index (χ1n) is 10.5. The topological polar surface area (TPSA) is 94.5 Å². The third-order valence-corrected chi connectivity index (χ3v) is 6.48. The van der Waals surface area contributed by atoms with Crippen molar-refractivity contribution < 1.29 is 14.3 Å². The van der Waals surface area contributed by atoms with Gasteiger partial charge in [0.2, 0.25) is 11.8 Å². The first kappa shape index (κ1) is 22.8. The molecule has 1 aliphatic rings. The molecule has 1 heterocycles. The Bertz CT molecular complexity index is 980. The molecule has 7 nitrogen and oxygen atoms in total. The van der Waals surface area contributed by atoms with Crippen LogP contribution >= 0.6 is 11.3 Å². The number of carbonyl (C=O) groups is 2. The van der Waals surface area contributed by atoms with E-state index in [1.165, 1.54) is 22.6 Å². The number of nitriles is 1. The van der Waals surface area contributed by atoms with Gasteiger partial charge < -0.3 is 15.4 Å². The zero-order valence-electron chi connectivity index (χ0n) is 18.0. The van der Waals surface area contributed by atoms with Gasteiger partial charge in [0.1, 0.15) is 16.8 Å². The summed E-state index contributed by atoms with van der Waals surface area (Å²) in [5, 5.41) is 16.0. The number of hydrogen-bond donors (Lipinski definition) is 2. The second-order valence-electron chi connectivity index (χ2n) is 7.70. The molecule has 1 aliphatic carbocycles. The van der Waals surface area contributed by atoms with Crippen LogP contribution in [0.2, 0.25) is 0 Å². The number of nitrogens with zero attached hydrogens (tertiary/aromatic N) is 2. The highest BCUT2D eigenvalue weighted by Gasteiger charge is 2.21. The van der Waals surface area contributed by atoms with Crippen molar-refractivity contribution in [3.05, 3.63) is 40.3 Å². The molecular formula is C23H28N4O3S. The number of thiophene rings is 1. The molecule has 3 rings (SSSR count). The predicted octanol–water partition coefficient (Wildman–Crippen LogP) is 3.80. The van der Waals surface area contributed by atoms with E-state index in [9.17, 15) is 14.9 Å². The second kappa shape index (κ2) is 10.9. The maximum Gasteiger partial charge on any atom is 0.238 e. The minimum absolute atomic E-state index is 0.145. The van der Waals surface area contributed by atoms with Crippen LogP contribution in [0, 0.1) is 11.3 Å². The quantitative estimate of drug-likeness (QED) is 0.609. The molecule has 0 saturated carbocycles. The number of anilines is 2. The summed E-state index contributed by atoms with van der Waals surface area (Å²) in [5.74, 6) is 0.364. The first-order valence-corrected chi connectivity index (χ1v) is 11.3. The number of fused-ring (bicyclic) bond motifs is 1. The van der Waals surface area contributed by atoms with Crippen molar-refractivity contribution >= 4 is 33.8 Å². The fraction of sp³-hybridized carbons (Fsp3) is 0.435. The van der Waals surface area contributed by atoms with Gasteiger partial charge in [-0.2, -0.15) is 5.26 Å². The van der Waals surface area contributed by atoms with Crippen LogP contribution in [0.3, 0.4) is 0 Å². The molecule has 0 radical (unpaired) electrons. The van der Waals surface area contributed by atoms with E-state index in [2.05, 4.69) is 16.7 Å². The molecule has 0 unspecified atom stereocenters. The second-order valence-corrected chi connectivity index (χ2v) is 8.80. The summed E-state index contributed by atoms with van der Waals surface area (Å²) in [6, 6.07) is 9.45. The zero-order chi connectivity index (χ0) is 22.2. The molecule has 0 aliphatic heterocycles. The van der Waals surface area contributed by atoms with Crippen molar-refractivity contribution in [3.8, 4) is 11.8 Å². The van der Waals surface area contributed by atoms with E-state index in [1.807, 2.05) is 12.1 Å². The summed E-state index contributed by atoms with van der Waals surface area (Å²) in [4.78, 5) is 27.7. The number of rotatable bonds is 8. The van der Waals surface area contributed by atoms with Crippen LogP contribution in [-0.4, -0.2) is 44.0 Å². The van der Waals surface area contributed by atoms with Crippen molar-refractivity contribution in [2.24, 2.45) is 0 Å². The van der Waals surface area contributed by atoms with Crippen LogP contribution in [0.15, 0.2) is 24.3 Å². The number of likely N-dealkylation sites (N-methyl/N-ethyl adjacent to an activating group) is 1. The van der Waals surface area contributed by atoms with Gasteiger partial charge in [0.15, 0.2) is 0 Å². The van der Waals surface area contributed by atoms with Gasteiger partial charge >= 0.3 is 0 Å². The molecule has 0 saturated heterocycles. The number of carbonyl (C=O) groups excluding carboxylic acids is 2. The van der Waals surface area contributed by atoms with Crippen molar-refractivity contribution in [2.45, 2.75) is 38.5 Å². The third kappa shape index (κ3) is 6.29. The highest BCUT2D eigenvalue weighted by atomic mass is 32.1. The van der Waals surface area contributed by atoms with Gasteiger partial charge in [-0.3, -0.25) is 14.5 Å². The van der Waals surface area contributed by atoms with Gasteiger partial charge in [0, 0.05) is 29.6 Å². The lowest BCUT2D eigenvalue weighted by Crippen LogP contribution is -2.32. The van der Waals surface area contributed by atoms with E-state index in [1.54, 1.807) is 31.2 Å². The first-order chi connectivity index (χ1) is 15.0. The minimum atomic E-state index is -0.162. The van der Waals surface area contributed by atoms with E-state index in [-0.39, 0.29) is 24.8 Å². The Balaban J connectivity index is 1.48. The van der Waals surface area contributed by atoms with Gasteiger partial charge in [-0.15, -0.1) is 11.3 Å². The lowest BCUT2D eigenvalue weighted by atomic mass is 10.1. The molecule has 2 aromatic rings. The van der Waals surface area contributed by atoms with Crippen LogP contribution in [0.25, 0.3) is 0 Å². The van der Waals surface area contributed by atoms with E-state index < -0.39 is 0 Å². The number of aryl methyl sites for hydroxylation is 1. The molecule has 1 aromatic heterocycles. The average molecular weight is 441 g/mol. The minimum Gasteiger partial charge on any atom is -0.497 e. The van der Waals surface area contributed by atoms with Crippen LogP contribution in [0.4, 0.5) is 10.7 Å². The zero-order valence-corrected chi connectivity index (χ0v) is 18.8. The van der Waals surface area contributed by atoms with Crippen molar-refractivity contribution in [2.75, 3.05) is 37.9 Å². The molecule has 2 amide bonds. The summed E-state index contributed by atoms with van der Waals surface area (Å²) >= 11 is 1.53. The Morgan fingerprint density at radius 3 is 2.77 bits per heavy atom. The van der Waals surface area contributed by atoms with Crippen LogP contribution < -0.4 is 15.4 Å². The monoisotopic (exact) mass is 440 g/mol. The highest BCUT2D eigenvalue weighted by molar-refractivity contribution is 7.16. The fourth-order valence-electron chi connectivity index (χ4n) is 3.66. The fourth-order valence-corrected chi connectivity index (χ4v) is 4.91. The summed E-state index contributed by atoms with van der Waals surface area (Å²) in [6.07, 6.45) is 5.55. The molecule has 0 atom stereocenters. The smallest absolute Gasteiger partial charge is 0.238 e. The molecule has 164 valence electrons. The van der Waals surface area contributed by atoms with Gasteiger partial charge in [-0.1, -0.05) is 12.5 Å². The summed E-state index contributed by atoms with van der Waals surface area (Å²) < 4.78 is 5.16. The van der Waals surface area contributed by atoms with E-state index in [0.29, 0.717) is 28.5 Å². The molecule has 0 bridgehead atoms. The van der Waals surface area contributed by atoms with Gasteiger partial charge in [0.25, 0.3) is 0 Å². The summed E-state index contributed by atoms with van der Waals surface area (Å²) in [7, 11) is 3.37. The van der Waals surface area contributed by atoms with Crippen LogP contribution in [0.1, 0.15) is 41.7 Å². The lowest BCUT2D eigenvalue weighted by molar-refractivity contribution is -0.119. The van der Waals surface area contributed by atoms with E-state index in [4.69, 9.17) is 4.74 Å². The normalized spacial score (nSPS) is 13.1. The number of nitrogens with one attached hydrogen (secondary N) is 2. The predicted molar refractivity (Wildman–Crippen MR) is 123 cm³/mol. The maximum atomic E-state index is 12.5. The molecular weight excluding hydrogens is 412 g/mol. The Morgan fingerprint density at radius 1 is 1.19 bits per heavy atom. The number of methoxy groups -OCH3 is 1. The molecule has 1 aromatic carbocycles. The number of benzene rings is 1. The van der Waals surface area contributed by atoms with Crippen molar-refractivity contribution in [3.63, 3.8) is 0 Å². The summed E-state index contributed by atoms with van der Waals surface area (Å²) in [5.41, 5.74) is 2.41. The molecule has 0 fully saturated rings. The Morgan fingerprint density at radius 2 is 2.00 bits per heavy atom. The van der Waals surface area contributed by atoms with Gasteiger partial charge in [-0.05, 0) is 50.4 Å². The molecule has 0 spiro atoms. The standard InChI is InChI=1S/C23H28N4O3S/c1-27(15-22(29)25-16-7-6-8-17(13-16)30-2)12-11-21(28)26-23-19(14-24)18-9-4-3-5-10-20(18)31-23/h6-8,13H,3-5,9-12,15H2,1-2H3,(H,25,29)(H,26,28). The number of amides is 2. The molecule has 31 heavy (non-hydrogen) atoms. The van der Waals surface area contributed by atoms with E-state index >= 15 is 0 Å². The largest absolute Gasteiger partial charge is 0.497 e. The molecule has 8 heteroatoms. The highest BCUT2D eigenvalue weighted by Crippen LogP contribution is 2.37. The van der Waals surface area contributed by atoms with Gasteiger partial charge in [-0.25, -0.2) is 0 Å². The molecule has 2 N–H and O–H groups in total. The van der Waals surface area contributed by atoms with Crippen molar-refractivity contribution in [1.29, 1.82) is 5.26 Å². The SMILES string of the molecule is COc1cccc(NC(=O)CN(C)CCC(=O)Nc2sc3c(c2C#N)CCCCC3)c1. The summed E-state index contributed by atoms with van der Waals surface area (Å²) in [6.45, 7) is 0.603. The van der Waals surface area contributed by atoms with E-state index in [0.717, 1.165) is 31.2 Å². The third-order valence-electron chi connectivity index (χ3n) is 5.27. The Kier molecular flexibility index (Phi) is 8.04.